The SMILES string of the molecule is COC(=O)Cc1csc2nc(-c3ccc(F)cc3Cl)c(NC3CCCC3)n12. The number of carbonyl (C=O) groups is 1. The summed E-state index contributed by atoms with van der Waals surface area (Å²) in [6.07, 6.45) is 4.69. The Morgan fingerprint density at radius 2 is 2.22 bits per heavy atom. The number of halogens is 2. The van der Waals surface area contributed by atoms with Gasteiger partial charge in [0.2, 0.25) is 0 Å². The topological polar surface area (TPSA) is 55.6 Å². The first-order chi connectivity index (χ1) is 13.1. The summed E-state index contributed by atoms with van der Waals surface area (Å²) in [5.41, 5.74) is 2.14. The van der Waals surface area contributed by atoms with Crippen LogP contribution in [0.5, 0.6) is 0 Å². The average Bonchev–Trinajstić information content (AvgIpc) is 3.35. The molecule has 1 aromatic carbocycles. The summed E-state index contributed by atoms with van der Waals surface area (Å²) in [7, 11) is 1.38. The van der Waals surface area contributed by atoms with Crippen molar-refractivity contribution in [2.24, 2.45) is 0 Å². The average molecular weight is 408 g/mol. The molecule has 4 rings (SSSR count). The number of hydrogen-bond acceptors (Lipinski definition) is 5. The van der Waals surface area contributed by atoms with Gasteiger partial charge >= 0.3 is 5.97 Å². The van der Waals surface area contributed by atoms with Crippen LogP contribution in [0.3, 0.4) is 0 Å². The molecular formula is C19H19ClFN3O2S. The van der Waals surface area contributed by atoms with Gasteiger partial charge in [-0.05, 0) is 31.0 Å². The summed E-state index contributed by atoms with van der Waals surface area (Å²) >= 11 is 7.76. The number of nitrogens with one attached hydrogen (secondary N) is 1. The number of nitrogens with zero attached hydrogens (tertiary/aromatic N) is 2. The Labute approximate surface area is 165 Å². The third-order valence-corrected chi connectivity index (χ3v) is 6.06. The van der Waals surface area contributed by atoms with Crippen molar-refractivity contribution in [1.29, 1.82) is 0 Å². The second-order valence-electron chi connectivity index (χ2n) is 6.66. The highest BCUT2D eigenvalue weighted by Gasteiger charge is 2.24. The molecule has 27 heavy (non-hydrogen) atoms. The highest BCUT2D eigenvalue weighted by molar-refractivity contribution is 7.15. The van der Waals surface area contributed by atoms with E-state index in [1.165, 1.54) is 43.4 Å². The molecule has 0 unspecified atom stereocenters. The number of rotatable bonds is 5. The quantitative estimate of drug-likeness (QED) is 0.609. The number of methoxy groups -OCH3 is 1. The van der Waals surface area contributed by atoms with Crippen LogP contribution in [-0.2, 0) is 16.0 Å². The molecule has 142 valence electrons. The van der Waals surface area contributed by atoms with E-state index in [4.69, 9.17) is 21.3 Å². The van der Waals surface area contributed by atoms with Crippen LogP contribution in [0.1, 0.15) is 31.4 Å². The molecule has 2 aromatic heterocycles. The molecule has 3 aromatic rings. The molecule has 0 aliphatic heterocycles. The van der Waals surface area contributed by atoms with E-state index >= 15 is 0 Å². The molecular weight excluding hydrogens is 389 g/mol. The third kappa shape index (κ3) is 3.53. The van der Waals surface area contributed by atoms with Crippen LogP contribution in [0.4, 0.5) is 10.2 Å². The first kappa shape index (κ1) is 18.3. The van der Waals surface area contributed by atoms with Gasteiger partial charge in [0.15, 0.2) is 4.96 Å². The van der Waals surface area contributed by atoms with E-state index in [-0.39, 0.29) is 18.2 Å². The standard InChI is InChI=1S/C19H19ClFN3O2S/c1-26-16(25)9-13-10-27-19-23-17(14-7-6-11(21)8-15(14)20)18(24(13)19)22-12-4-2-3-5-12/h6-8,10,12,22H,2-5,9H2,1H3. The van der Waals surface area contributed by atoms with Crippen molar-refractivity contribution in [3.63, 3.8) is 0 Å². The van der Waals surface area contributed by atoms with Gasteiger partial charge in [-0.3, -0.25) is 9.20 Å². The summed E-state index contributed by atoms with van der Waals surface area (Å²) in [4.78, 5) is 17.3. The van der Waals surface area contributed by atoms with Crippen molar-refractivity contribution >= 4 is 39.7 Å². The van der Waals surface area contributed by atoms with E-state index in [2.05, 4.69) is 5.32 Å². The highest BCUT2D eigenvalue weighted by atomic mass is 35.5. The van der Waals surface area contributed by atoms with Crippen LogP contribution in [0.25, 0.3) is 16.2 Å². The fourth-order valence-corrected chi connectivity index (χ4v) is 4.67. The van der Waals surface area contributed by atoms with Gasteiger partial charge in [-0.2, -0.15) is 0 Å². The minimum Gasteiger partial charge on any atom is -0.469 e. The summed E-state index contributed by atoms with van der Waals surface area (Å²) in [5, 5.41) is 5.81. The summed E-state index contributed by atoms with van der Waals surface area (Å²) in [6, 6.07) is 4.65. The Morgan fingerprint density at radius 3 is 2.93 bits per heavy atom. The summed E-state index contributed by atoms with van der Waals surface area (Å²) in [5.74, 6) is 0.101. The first-order valence-electron chi connectivity index (χ1n) is 8.84. The smallest absolute Gasteiger partial charge is 0.311 e. The molecule has 0 atom stereocenters. The Kier molecular flexibility index (Phi) is 5.06. The predicted molar refractivity (Wildman–Crippen MR) is 105 cm³/mol. The zero-order valence-electron chi connectivity index (χ0n) is 14.8. The highest BCUT2D eigenvalue weighted by Crippen LogP contribution is 2.38. The molecule has 2 heterocycles. The maximum atomic E-state index is 13.5. The van der Waals surface area contributed by atoms with Gasteiger partial charge in [0.25, 0.3) is 0 Å². The molecule has 1 fully saturated rings. The van der Waals surface area contributed by atoms with Gasteiger partial charge in [0, 0.05) is 22.7 Å². The van der Waals surface area contributed by atoms with Crippen LogP contribution in [0.15, 0.2) is 23.6 Å². The Balaban J connectivity index is 1.85. The number of benzene rings is 1. The number of fused-ring (bicyclic) bond motifs is 1. The second-order valence-corrected chi connectivity index (χ2v) is 7.90. The van der Waals surface area contributed by atoms with Crippen molar-refractivity contribution in [1.82, 2.24) is 9.38 Å². The van der Waals surface area contributed by atoms with Gasteiger partial charge in [-0.15, -0.1) is 11.3 Å². The van der Waals surface area contributed by atoms with Crippen LogP contribution in [-0.4, -0.2) is 28.5 Å². The molecule has 1 aliphatic carbocycles. The number of ether oxygens (including phenoxy) is 1. The first-order valence-corrected chi connectivity index (χ1v) is 10.1. The van der Waals surface area contributed by atoms with Crippen molar-refractivity contribution < 1.29 is 13.9 Å². The van der Waals surface area contributed by atoms with E-state index < -0.39 is 0 Å². The zero-order chi connectivity index (χ0) is 19.0. The molecule has 5 nitrogen and oxygen atoms in total. The van der Waals surface area contributed by atoms with Gasteiger partial charge in [-0.1, -0.05) is 24.4 Å². The lowest BCUT2D eigenvalue weighted by atomic mass is 10.1. The number of aromatic nitrogens is 2. The van der Waals surface area contributed by atoms with Gasteiger partial charge in [0.1, 0.15) is 17.3 Å². The van der Waals surface area contributed by atoms with Crippen LogP contribution < -0.4 is 5.32 Å². The minimum absolute atomic E-state index is 0.156. The van der Waals surface area contributed by atoms with Crippen LogP contribution >= 0.6 is 22.9 Å². The number of anilines is 1. The van der Waals surface area contributed by atoms with Crippen LogP contribution in [0, 0.1) is 5.82 Å². The van der Waals surface area contributed by atoms with Crippen molar-refractivity contribution in [2.45, 2.75) is 38.1 Å². The van der Waals surface area contributed by atoms with Crippen molar-refractivity contribution in [2.75, 3.05) is 12.4 Å². The molecule has 1 N–H and O–H groups in total. The molecule has 0 radical (unpaired) electrons. The van der Waals surface area contributed by atoms with E-state index in [0.717, 1.165) is 29.3 Å². The molecule has 0 amide bonds. The van der Waals surface area contributed by atoms with Crippen LogP contribution in [0.2, 0.25) is 5.02 Å². The molecule has 1 aliphatic rings. The number of thiazole rings is 1. The molecule has 1 saturated carbocycles. The molecule has 8 heteroatoms. The van der Waals surface area contributed by atoms with E-state index in [0.29, 0.717) is 22.3 Å². The Morgan fingerprint density at radius 1 is 1.44 bits per heavy atom. The number of carbonyl (C=O) groups excluding carboxylic acids is 1. The monoisotopic (exact) mass is 407 g/mol. The number of imidazole rings is 1. The normalized spacial score (nSPS) is 14.8. The number of esters is 1. The predicted octanol–water partition coefficient (Wildman–Crippen LogP) is 4.93. The summed E-state index contributed by atoms with van der Waals surface area (Å²) in [6.45, 7) is 0. The van der Waals surface area contributed by atoms with Crippen molar-refractivity contribution in [3.8, 4) is 11.3 Å². The lowest BCUT2D eigenvalue weighted by Gasteiger charge is -2.16. The van der Waals surface area contributed by atoms with E-state index in [1.54, 1.807) is 6.07 Å². The third-order valence-electron chi connectivity index (χ3n) is 4.87. The maximum Gasteiger partial charge on any atom is 0.311 e. The Bertz CT molecular complexity index is 994. The van der Waals surface area contributed by atoms with Gasteiger partial charge in [-0.25, -0.2) is 9.37 Å². The molecule has 0 saturated heterocycles. The minimum atomic E-state index is -0.388. The summed E-state index contributed by atoms with van der Waals surface area (Å²) < 4.78 is 20.3. The molecule has 0 spiro atoms. The van der Waals surface area contributed by atoms with Gasteiger partial charge in [0.05, 0.1) is 18.6 Å². The fourth-order valence-electron chi connectivity index (χ4n) is 3.53. The Hall–Kier alpha value is -2.12. The lowest BCUT2D eigenvalue weighted by Crippen LogP contribution is -2.17. The number of hydrogen-bond donors (Lipinski definition) is 1. The second kappa shape index (κ2) is 7.48. The van der Waals surface area contributed by atoms with Crippen molar-refractivity contribution in [3.05, 3.63) is 40.1 Å². The van der Waals surface area contributed by atoms with Gasteiger partial charge < -0.3 is 10.1 Å². The molecule has 0 bridgehead atoms. The largest absolute Gasteiger partial charge is 0.469 e. The van der Waals surface area contributed by atoms with E-state index in [1.807, 2.05) is 9.78 Å². The maximum absolute atomic E-state index is 13.5. The fraction of sp³-hybridized carbons (Fsp3) is 0.368. The zero-order valence-corrected chi connectivity index (χ0v) is 16.4. The van der Waals surface area contributed by atoms with E-state index in [9.17, 15) is 9.18 Å². The lowest BCUT2D eigenvalue weighted by molar-refractivity contribution is -0.139.